The Bertz CT molecular complexity index is 396. The predicted octanol–water partition coefficient (Wildman–Crippen LogP) is 2.84. The lowest BCUT2D eigenvalue weighted by Gasteiger charge is -2.33. The second-order valence-electron chi connectivity index (χ2n) is 6.91. The molecule has 2 amide bonds. The van der Waals surface area contributed by atoms with Gasteiger partial charge in [-0.3, -0.25) is 4.90 Å². The number of nitrogens with one attached hydrogen (secondary N) is 1. The summed E-state index contributed by atoms with van der Waals surface area (Å²) in [6.07, 6.45) is -1.55. The van der Waals surface area contributed by atoms with E-state index in [2.05, 4.69) is 19.2 Å². The molecule has 1 aliphatic carbocycles. The smallest absolute Gasteiger partial charge is 0.334 e. The van der Waals surface area contributed by atoms with Gasteiger partial charge >= 0.3 is 12.2 Å². The fourth-order valence-corrected chi connectivity index (χ4v) is 2.95. The molecule has 0 spiro atoms. The zero-order valence-corrected chi connectivity index (χ0v) is 13.5. The number of urea groups is 1. The van der Waals surface area contributed by atoms with Crippen molar-refractivity contribution in [1.29, 1.82) is 0 Å². The summed E-state index contributed by atoms with van der Waals surface area (Å²) in [7, 11) is 0. The van der Waals surface area contributed by atoms with Gasteiger partial charge in [-0.2, -0.15) is 13.2 Å². The molecular weight excluding hydrogens is 295 g/mol. The Morgan fingerprint density at radius 2 is 1.91 bits per heavy atom. The number of alkyl halides is 3. The largest absolute Gasteiger partial charge is 0.401 e. The predicted molar refractivity (Wildman–Crippen MR) is 78.6 cm³/mol. The van der Waals surface area contributed by atoms with E-state index in [1.165, 1.54) is 4.90 Å². The van der Waals surface area contributed by atoms with Crippen LogP contribution in [0.2, 0.25) is 0 Å². The lowest BCUT2D eigenvalue weighted by atomic mass is 10.0. The van der Waals surface area contributed by atoms with Gasteiger partial charge in [0.25, 0.3) is 0 Å². The Morgan fingerprint density at radius 1 is 1.27 bits per heavy atom. The summed E-state index contributed by atoms with van der Waals surface area (Å²) in [6.45, 7) is 5.95. The number of halogens is 3. The van der Waals surface area contributed by atoms with Gasteiger partial charge in [0.15, 0.2) is 0 Å². The molecule has 1 N–H and O–H groups in total. The summed E-state index contributed by atoms with van der Waals surface area (Å²) in [5.74, 6) is 0.358. The Balaban J connectivity index is 1.86. The van der Waals surface area contributed by atoms with Crippen LogP contribution >= 0.6 is 0 Å². The van der Waals surface area contributed by atoms with Crippen LogP contribution in [0.3, 0.4) is 0 Å². The first-order valence-corrected chi connectivity index (χ1v) is 8.05. The molecule has 0 aromatic heterocycles. The Kier molecular flexibility index (Phi) is 5.25. The highest BCUT2D eigenvalue weighted by Gasteiger charge is 2.39. The van der Waals surface area contributed by atoms with E-state index >= 15 is 0 Å². The number of nitrogens with zero attached hydrogens (tertiary/aromatic N) is 2. The number of carbonyl (C=O) groups is 1. The molecule has 2 atom stereocenters. The molecule has 2 fully saturated rings. The molecule has 0 unspecified atom stereocenters. The van der Waals surface area contributed by atoms with Gasteiger partial charge < -0.3 is 10.2 Å². The van der Waals surface area contributed by atoms with Crippen molar-refractivity contribution in [2.75, 3.05) is 19.6 Å². The average molecular weight is 321 g/mol. The monoisotopic (exact) mass is 321 g/mol. The topological polar surface area (TPSA) is 35.6 Å². The minimum atomic E-state index is -4.18. The molecule has 128 valence electrons. The lowest BCUT2D eigenvalue weighted by molar-refractivity contribution is -0.143. The van der Waals surface area contributed by atoms with E-state index in [1.54, 1.807) is 0 Å². The molecule has 0 radical (unpaired) electrons. The van der Waals surface area contributed by atoms with Crippen molar-refractivity contribution >= 4 is 6.03 Å². The summed E-state index contributed by atoms with van der Waals surface area (Å²) >= 11 is 0. The van der Waals surface area contributed by atoms with Gasteiger partial charge in [-0.05, 0) is 32.1 Å². The first-order chi connectivity index (χ1) is 10.2. The van der Waals surface area contributed by atoms with Gasteiger partial charge in [0.05, 0.1) is 6.54 Å². The summed E-state index contributed by atoms with van der Waals surface area (Å²) in [5, 5.41) is 2.93. The van der Waals surface area contributed by atoms with Crippen molar-refractivity contribution in [1.82, 2.24) is 15.1 Å². The van der Waals surface area contributed by atoms with Crippen LogP contribution in [-0.2, 0) is 0 Å². The van der Waals surface area contributed by atoms with Crippen LogP contribution in [0.15, 0.2) is 0 Å². The van der Waals surface area contributed by atoms with Crippen LogP contribution in [0.1, 0.15) is 40.0 Å². The van der Waals surface area contributed by atoms with Crippen molar-refractivity contribution in [3.05, 3.63) is 0 Å². The van der Waals surface area contributed by atoms with Gasteiger partial charge in [0.2, 0.25) is 0 Å². The quantitative estimate of drug-likeness (QED) is 0.845. The first kappa shape index (κ1) is 17.4. The molecule has 22 heavy (non-hydrogen) atoms. The highest BCUT2D eigenvalue weighted by atomic mass is 19.4. The van der Waals surface area contributed by atoms with E-state index in [0.29, 0.717) is 24.9 Å². The number of hydrogen-bond acceptors (Lipinski definition) is 2. The molecule has 1 aliphatic heterocycles. The van der Waals surface area contributed by atoms with Gasteiger partial charge in [-0.25, -0.2) is 4.79 Å². The van der Waals surface area contributed by atoms with E-state index in [9.17, 15) is 18.0 Å². The van der Waals surface area contributed by atoms with Crippen molar-refractivity contribution in [2.45, 2.75) is 64.3 Å². The van der Waals surface area contributed by atoms with Crippen molar-refractivity contribution in [2.24, 2.45) is 5.92 Å². The number of carbonyl (C=O) groups excluding carboxylic acids is 1. The van der Waals surface area contributed by atoms with Crippen LogP contribution < -0.4 is 5.32 Å². The molecule has 0 bridgehead atoms. The Morgan fingerprint density at radius 3 is 2.41 bits per heavy atom. The number of amides is 2. The third kappa shape index (κ3) is 4.76. The van der Waals surface area contributed by atoms with Crippen LogP contribution in [0.4, 0.5) is 18.0 Å². The molecule has 0 aromatic carbocycles. The number of likely N-dealkylation sites (tertiary alicyclic amines) is 1. The molecule has 4 nitrogen and oxygen atoms in total. The zero-order chi connectivity index (χ0) is 16.5. The second-order valence-corrected chi connectivity index (χ2v) is 6.91. The number of rotatable bonds is 5. The third-order valence-corrected chi connectivity index (χ3v) is 4.58. The fraction of sp³-hybridized carbons (Fsp3) is 0.933. The van der Waals surface area contributed by atoms with Crippen molar-refractivity contribution in [3.63, 3.8) is 0 Å². The minimum Gasteiger partial charge on any atom is -0.334 e. The first-order valence-electron chi connectivity index (χ1n) is 8.05. The minimum absolute atomic E-state index is 0.123. The van der Waals surface area contributed by atoms with Gasteiger partial charge in [0.1, 0.15) is 0 Å². The maximum Gasteiger partial charge on any atom is 0.401 e. The van der Waals surface area contributed by atoms with Gasteiger partial charge in [-0.1, -0.05) is 13.8 Å². The third-order valence-electron chi connectivity index (χ3n) is 4.58. The lowest BCUT2D eigenvalue weighted by Crippen LogP contribution is -2.51. The van der Waals surface area contributed by atoms with Crippen LogP contribution in [0.5, 0.6) is 0 Å². The van der Waals surface area contributed by atoms with Crippen molar-refractivity contribution in [3.8, 4) is 0 Å². The summed E-state index contributed by atoms with van der Waals surface area (Å²) in [5.41, 5.74) is 0. The van der Waals surface area contributed by atoms with Crippen LogP contribution in [0, 0.1) is 5.92 Å². The molecule has 0 aromatic rings. The van der Waals surface area contributed by atoms with E-state index in [1.807, 2.05) is 11.8 Å². The Labute approximate surface area is 130 Å². The van der Waals surface area contributed by atoms with E-state index in [4.69, 9.17) is 0 Å². The molecule has 2 rings (SSSR count). The fourth-order valence-electron chi connectivity index (χ4n) is 2.95. The Hall–Kier alpha value is -0.980. The molecule has 1 saturated heterocycles. The molecular formula is C15H26F3N3O. The molecule has 2 aliphatic rings. The normalized spacial score (nSPS) is 24.6. The summed E-state index contributed by atoms with van der Waals surface area (Å²) < 4.78 is 37.2. The summed E-state index contributed by atoms with van der Waals surface area (Å²) in [6, 6.07) is 0.128. The van der Waals surface area contributed by atoms with E-state index < -0.39 is 12.7 Å². The maximum absolute atomic E-state index is 12.5. The maximum atomic E-state index is 12.5. The number of hydrogen-bond donors (Lipinski definition) is 1. The van der Waals surface area contributed by atoms with E-state index in [-0.39, 0.29) is 24.7 Å². The highest BCUT2D eigenvalue weighted by molar-refractivity contribution is 5.75. The standard InChI is InChI=1S/C15H26F3N3O/c1-10(2)11(3)21(13-4-5-13)14(22)19-12-6-7-20(8-12)9-15(16,17)18/h10-13H,4-9H2,1-3H3,(H,19,22)/t11-,12-/m1/s1. The zero-order valence-electron chi connectivity index (χ0n) is 13.5. The van der Waals surface area contributed by atoms with Crippen molar-refractivity contribution < 1.29 is 18.0 Å². The van der Waals surface area contributed by atoms with Crippen LogP contribution in [0.25, 0.3) is 0 Å². The van der Waals surface area contributed by atoms with Gasteiger partial charge in [-0.15, -0.1) is 0 Å². The SMILES string of the molecule is CC(C)[C@@H](C)N(C(=O)N[C@@H]1CCN(CC(F)(F)F)C1)C1CC1. The average Bonchev–Trinajstić information content (AvgIpc) is 3.10. The second kappa shape index (κ2) is 6.64. The molecule has 1 heterocycles. The van der Waals surface area contributed by atoms with Crippen LogP contribution in [-0.4, -0.2) is 59.8 Å². The summed E-state index contributed by atoms with van der Waals surface area (Å²) in [4.78, 5) is 15.7. The highest BCUT2D eigenvalue weighted by Crippen LogP contribution is 2.31. The molecule has 1 saturated carbocycles. The molecule has 7 heteroatoms. The van der Waals surface area contributed by atoms with E-state index in [0.717, 1.165) is 12.8 Å². The van der Waals surface area contributed by atoms with Gasteiger partial charge in [0, 0.05) is 31.2 Å².